The zero-order chi connectivity index (χ0) is 10.8. The molecule has 0 bridgehead atoms. The summed E-state index contributed by atoms with van der Waals surface area (Å²) in [5.41, 5.74) is 1.51. The zero-order valence-corrected chi connectivity index (χ0v) is 9.95. The molecule has 1 aliphatic heterocycles. The fraction of sp³-hybridized carbons (Fsp3) is 0.400. The van der Waals surface area contributed by atoms with Crippen molar-refractivity contribution in [3.63, 3.8) is 0 Å². The van der Waals surface area contributed by atoms with Gasteiger partial charge >= 0.3 is 0 Å². The molecule has 2 rings (SSSR count). The van der Waals surface area contributed by atoms with Gasteiger partial charge in [-0.1, -0.05) is 0 Å². The molecule has 80 valence electrons. The Balaban J connectivity index is 2.34. The quantitative estimate of drug-likeness (QED) is 0.769. The van der Waals surface area contributed by atoms with Crippen LogP contribution in [-0.4, -0.2) is 23.5 Å². The smallest absolute Gasteiger partial charge is 0.228 e. The molecule has 1 amide bonds. The first-order valence-corrected chi connectivity index (χ1v) is 5.79. The monoisotopic (exact) mass is 270 g/mol. The van der Waals surface area contributed by atoms with Crippen LogP contribution in [0.3, 0.4) is 0 Å². The summed E-state index contributed by atoms with van der Waals surface area (Å²) < 4.78 is 5.28. The summed E-state index contributed by atoms with van der Waals surface area (Å²) in [6.45, 7) is 0. The lowest BCUT2D eigenvalue weighted by Gasteiger charge is -2.24. The molecule has 1 aliphatic rings. The molecule has 0 radical (unpaired) electrons. The number of aryl methyl sites for hydroxylation is 1. The summed E-state index contributed by atoms with van der Waals surface area (Å²) in [7, 11) is 1.75. The molecule has 2 heterocycles. The zero-order valence-electron chi connectivity index (χ0n) is 8.36. The molecule has 1 aromatic heterocycles. The number of carbonyl (C=O) groups is 1. The van der Waals surface area contributed by atoms with E-state index in [0.717, 1.165) is 23.6 Å². The molecular formula is C10H11BrN2O2. The maximum absolute atomic E-state index is 11.4. The van der Waals surface area contributed by atoms with E-state index in [1.165, 1.54) is 0 Å². The third-order valence-corrected chi connectivity index (χ3v) is 2.67. The van der Waals surface area contributed by atoms with E-state index in [9.17, 15) is 4.79 Å². The van der Waals surface area contributed by atoms with Crippen LogP contribution in [0, 0.1) is 0 Å². The first kappa shape index (κ1) is 10.4. The van der Waals surface area contributed by atoms with Crippen molar-refractivity contribution in [2.75, 3.05) is 17.5 Å². The SMILES string of the molecule is CN1C(=O)CCc2cc(OCBr)cnc21. The molecule has 0 aliphatic carbocycles. The van der Waals surface area contributed by atoms with E-state index in [2.05, 4.69) is 20.9 Å². The van der Waals surface area contributed by atoms with Gasteiger partial charge in [0, 0.05) is 13.5 Å². The molecule has 0 spiro atoms. The minimum atomic E-state index is 0.115. The van der Waals surface area contributed by atoms with Gasteiger partial charge in [-0.2, -0.15) is 0 Å². The molecule has 0 fully saturated rings. The number of fused-ring (bicyclic) bond motifs is 1. The molecule has 0 atom stereocenters. The van der Waals surface area contributed by atoms with Crippen molar-refractivity contribution < 1.29 is 9.53 Å². The topological polar surface area (TPSA) is 42.4 Å². The third-order valence-electron chi connectivity index (χ3n) is 2.44. The molecule has 4 nitrogen and oxygen atoms in total. The van der Waals surface area contributed by atoms with Crippen LogP contribution in [0.4, 0.5) is 5.82 Å². The van der Waals surface area contributed by atoms with Gasteiger partial charge in [0.05, 0.1) is 6.20 Å². The van der Waals surface area contributed by atoms with E-state index in [4.69, 9.17) is 4.74 Å². The van der Waals surface area contributed by atoms with Crippen LogP contribution in [0.1, 0.15) is 12.0 Å². The normalized spacial score (nSPS) is 15.1. The fourth-order valence-electron chi connectivity index (χ4n) is 1.64. The van der Waals surface area contributed by atoms with E-state index >= 15 is 0 Å². The Bertz CT molecular complexity index is 395. The number of anilines is 1. The second kappa shape index (κ2) is 4.18. The average molecular weight is 271 g/mol. The predicted octanol–water partition coefficient (Wildman–Crippen LogP) is 1.72. The fourth-order valence-corrected chi connectivity index (χ4v) is 1.90. The van der Waals surface area contributed by atoms with E-state index in [0.29, 0.717) is 11.9 Å². The molecule has 1 aromatic rings. The van der Waals surface area contributed by atoms with Crippen LogP contribution < -0.4 is 9.64 Å². The summed E-state index contributed by atoms with van der Waals surface area (Å²) in [5, 5.41) is 0. The minimum Gasteiger partial charge on any atom is -0.481 e. The molecule has 0 unspecified atom stereocenters. The number of nitrogens with zero attached hydrogens (tertiary/aromatic N) is 2. The number of pyridine rings is 1. The van der Waals surface area contributed by atoms with Crippen LogP contribution in [0.25, 0.3) is 0 Å². The maximum Gasteiger partial charge on any atom is 0.228 e. The second-order valence-electron chi connectivity index (χ2n) is 3.36. The van der Waals surface area contributed by atoms with Crippen molar-refractivity contribution in [3.8, 4) is 5.75 Å². The van der Waals surface area contributed by atoms with Gasteiger partial charge < -0.3 is 4.74 Å². The van der Waals surface area contributed by atoms with Crippen molar-refractivity contribution in [1.29, 1.82) is 0 Å². The number of rotatable bonds is 2. The number of carbonyl (C=O) groups excluding carboxylic acids is 1. The Morgan fingerprint density at radius 3 is 3.13 bits per heavy atom. The lowest BCUT2D eigenvalue weighted by Crippen LogP contribution is -2.31. The van der Waals surface area contributed by atoms with E-state index in [1.54, 1.807) is 18.1 Å². The van der Waals surface area contributed by atoms with E-state index < -0.39 is 0 Å². The number of halogens is 1. The lowest BCUT2D eigenvalue weighted by atomic mass is 10.1. The van der Waals surface area contributed by atoms with Gasteiger partial charge in [-0.05, 0) is 34.0 Å². The number of hydrogen-bond donors (Lipinski definition) is 0. The summed E-state index contributed by atoms with van der Waals surface area (Å²) in [4.78, 5) is 17.2. The van der Waals surface area contributed by atoms with Gasteiger partial charge in [0.1, 0.15) is 17.1 Å². The maximum atomic E-state index is 11.4. The van der Waals surface area contributed by atoms with E-state index in [1.807, 2.05) is 6.07 Å². The number of hydrogen-bond acceptors (Lipinski definition) is 3. The highest BCUT2D eigenvalue weighted by atomic mass is 79.9. The number of ether oxygens (including phenoxy) is 1. The molecule has 0 aromatic carbocycles. The highest BCUT2D eigenvalue weighted by Gasteiger charge is 2.22. The highest BCUT2D eigenvalue weighted by Crippen LogP contribution is 2.27. The van der Waals surface area contributed by atoms with Crippen molar-refractivity contribution in [2.45, 2.75) is 12.8 Å². The van der Waals surface area contributed by atoms with Crippen LogP contribution in [0.2, 0.25) is 0 Å². The van der Waals surface area contributed by atoms with Crippen LogP contribution >= 0.6 is 15.9 Å². The number of amides is 1. The van der Waals surface area contributed by atoms with E-state index in [-0.39, 0.29) is 5.91 Å². The Morgan fingerprint density at radius 2 is 2.40 bits per heavy atom. The molecule has 15 heavy (non-hydrogen) atoms. The Kier molecular flexibility index (Phi) is 2.90. The first-order chi connectivity index (χ1) is 7.22. The lowest BCUT2D eigenvalue weighted by molar-refractivity contribution is -0.118. The Labute approximate surface area is 96.4 Å². The average Bonchev–Trinajstić information content (AvgIpc) is 2.24. The van der Waals surface area contributed by atoms with Crippen molar-refractivity contribution in [3.05, 3.63) is 17.8 Å². The van der Waals surface area contributed by atoms with Gasteiger partial charge in [0.25, 0.3) is 0 Å². The minimum absolute atomic E-state index is 0.115. The van der Waals surface area contributed by atoms with Crippen molar-refractivity contribution >= 4 is 27.7 Å². The Morgan fingerprint density at radius 1 is 1.60 bits per heavy atom. The summed E-state index contributed by atoms with van der Waals surface area (Å²) in [5.74, 6) is 1.59. The molecule has 0 saturated carbocycles. The standard InChI is InChI=1S/C10H11BrN2O2/c1-13-9(14)3-2-7-4-8(15-6-11)5-12-10(7)13/h4-5H,2-3,6H2,1H3. The second-order valence-corrected chi connectivity index (χ2v) is 3.82. The predicted molar refractivity (Wildman–Crippen MR) is 60.4 cm³/mol. The van der Waals surface area contributed by atoms with Crippen LogP contribution in [-0.2, 0) is 11.2 Å². The van der Waals surface area contributed by atoms with Gasteiger partial charge in [0.15, 0.2) is 0 Å². The summed E-state index contributed by atoms with van der Waals surface area (Å²) in [6.07, 6.45) is 2.92. The largest absolute Gasteiger partial charge is 0.481 e. The van der Waals surface area contributed by atoms with Gasteiger partial charge in [0.2, 0.25) is 5.91 Å². The molecule has 0 saturated heterocycles. The van der Waals surface area contributed by atoms with Crippen LogP contribution in [0.15, 0.2) is 12.3 Å². The van der Waals surface area contributed by atoms with Crippen molar-refractivity contribution in [2.24, 2.45) is 0 Å². The summed E-state index contributed by atoms with van der Waals surface area (Å²) >= 11 is 3.19. The number of alkyl halides is 1. The summed E-state index contributed by atoms with van der Waals surface area (Å²) in [6, 6.07) is 1.94. The van der Waals surface area contributed by atoms with Crippen molar-refractivity contribution in [1.82, 2.24) is 4.98 Å². The van der Waals surface area contributed by atoms with Gasteiger partial charge in [-0.15, -0.1) is 0 Å². The van der Waals surface area contributed by atoms with Crippen LogP contribution in [0.5, 0.6) is 5.75 Å². The molecule has 0 N–H and O–H groups in total. The molecular weight excluding hydrogens is 260 g/mol. The Hall–Kier alpha value is -1.10. The van der Waals surface area contributed by atoms with Gasteiger partial charge in [-0.25, -0.2) is 4.98 Å². The van der Waals surface area contributed by atoms with Gasteiger partial charge in [-0.3, -0.25) is 9.69 Å². The third kappa shape index (κ3) is 1.97. The number of aromatic nitrogens is 1. The molecule has 5 heteroatoms. The first-order valence-electron chi connectivity index (χ1n) is 4.66. The highest BCUT2D eigenvalue weighted by molar-refractivity contribution is 9.09.